The number of nitrogens with zero attached hydrogens (tertiary/aromatic N) is 2. The van der Waals surface area contributed by atoms with Crippen LogP contribution in [0.4, 0.5) is 0 Å². The van der Waals surface area contributed by atoms with Gasteiger partial charge in [0.25, 0.3) is 0 Å². The minimum Gasteiger partial charge on any atom is -0.395 e. The summed E-state index contributed by atoms with van der Waals surface area (Å²) >= 11 is 19.2. The normalized spacial score (nSPS) is 11.5. The predicted molar refractivity (Wildman–Crippen MR) is 85.8 cm³/mol. The van der Waals surface area contributed by atoms with E-state index in [-0.39, 0.29) is 32.0 Å². The standard InChI is InChI=1S/C11H10Br2Cl2N2O3/c12-5-6(13)8(15)10-9(7(5)14)16(1-3-18)11(20)17(10)2-4-19/h18-19H,1-4H2. The van der Waals surface area contributed by atoms with E-state index in [1.165, 1.54) is 9.13 Å². The van der Waals surface area contributed by atoms with E-state index in [0.717, 1.165) is 0 Å². The third kappa shape index (κ3) is 2.44. The summed E-state index contributed by atoms with van der Waals surface area (Å²) in [5, 5.41) is 18.9. The molecular formula is C11H10Br2Cl2N2O3. The Morgan fingerprint density at radius 2 is 1.25 bits per heavy atom. The molecule has 110 valence electrons. The van der Waals surface area contributed by atoms with E-state index in [2.05, 4.69) is 31.9 Å². The Labute approximate surface area is 141 Å². The first kappa shape index (κ1) is 16.3. The summed E-state index contributed by atoms with van der Waals surface area (Å²) in [6, 6.07) is 0. The number of aromatic nitrogens is 2. The first-order chi connectivity index (χ1) is 9.45. The van der Waals surface area contributed by atoms with E-state index in [9.17, 15) is 4.79 Å². The van der Waals surface area contributed by atoms with Crippen molar-refractivity contribution in [1.82, 2.24) is 9.13 Å². The van der Waals surface area contributed by atoms with Crippen molar-refractivity contribution in [1.29, 1.82) is 0 Å². The van der Waals surface area contributed by atoms with E-state index >= 15 is 0 Å². The zero-order valence-electron chi connectivity index (χ0n) is 10.0. The van der Waals surface area contributed by atoms with Gasteiger partial charge in [-0.2, -0.15) is 0 Å². The van der Waals surface area contributed by atoms with Gasteiger partial charge in [0, 0.05) is 0 Å². The second-order valence-corrected chi connectivity index (χ2v) is 6.33. The molecule has 5 nitrogen and oxygen atoms in total. The van der Waals surface area contributed by atoms with Gasteiger partial charge in [-0.25, -0.2) is 4.79 Å². The highest BCUT2D eigenvalue weighted by molar-refractivity contribution is 9.13. The van der Waals surface area contributed by atoms with Gasteiger partial charge in [0.05, 0.1) is 56.3 Å². The molecule has 9 heteroatoms. The van der Waals surface area contributed by atoms with E-state index in [1.54, 1.807) is 0 Å². The summed E-state index contributed by atoms with van der Waals surface area (Å²) in [7, 11) is 0. The molecule has 0 aliphatic heterocycles. The molecule has 0 aliphatic rings. The van der Waals surface area contributed by atoms with Crippen molar-refractivity contribution in [2.45, 2.75) is 13.1 Å². The summed E-state index contributed by atoms with van der Waals surface area (Å²) in [6.07, 6.45) is 0. The van der Waals surface area contributed by atoms with Gasteiger partial charge in [-0.1, -0.05) is 23.2 Å². The van der Waals surface area contributed by atoms with Crippen LogP contribution in [0.15, 0.2) is 13.7 Å². The number of hydrogen-bond donors (Lipinski definition) is 2. The Morgan fingerprint density at radius 1 is 0.900 bits per heavy atom. The van der Waals surface area contributed by atoms with Crippen molar-refractivity contribution >= 4 is 66.1 Å². The minimum atomic E-state index is -0.378. The Hall–Kier alpha value is -0.0500. The van der Waals surface area contributed by atoms with Crippen molar-refractivity contribution in [2.24, 2.45) is 0 Å². The number of benzene rings is 1. The van der Waals surface area contributed by atoms with E-state index in [4.69, 9.17) is 33.4 Å². The number of halogens is 4. The first-order valence-corrected chi connectivity index (χ1v) is 7.96. The number of fused-ring (bicyclic) bond motifs is 1. The van der Waals surface area contributed by atoms with E-state index in [0.29, 0.717) is 30.0 Å². The van der Waals surface area contributed by atoms with Gasteiger partial charge in [0.15, 0.2) is 0 Å². The Bertz CT molecular complexity index is 669. The molecule has 0 saturated carbocycles. The van der Waals surface area contributed by atoms with Crippen LogP contribution in [0.1, 0.15) is 0 Å². The predicted octanol–water partition coefficient (Wildman–Crippen LogP) is 2.62. The van der Waals surface area contributed by atoms with Gasteiger partial charge in [0.1, 0.15) is 0 Å². The molecule has 2 N–H and O–H groups in total. The molecule has 0 bridgehead atoms. The average molecular weight is 449 g/mol. The summed E-state index contributed by atoms with van der Waals surface area (Å²) in [6.45, 7) is -0.227. The maximum atomic E-state index is 12.4. The fourth-order valence-corrected chi connectivity index (χ4v) is 3.63. The molecule has 0 amide bonds. The van der Waals surface area contributed by atoms with Gasteiger partial charge in [-0.3, -0.25) is 9.13 Å². The van der Waals surface area contributed by atoms with Gasteiger partial charge in [-0.05, 0) is 31.9 Å². The summed E-state index contributed by atoms with van der Waals surface area (Å²) < 4.78 is 3.75. The van der Waals surface area contributed by atoms with Crippen LogP contribution >= 0.6 is 55.1 Å². The van der Waals surface area contributed by atoms with Crippen LogP contribution in [0.3, 0.4) is 0 Å². The molecule has 0 saturated heterocycles. The van der Waals surface area contributed by atoms with Crippen molar-refractivity contribution in [3.05, 3.63) is 29.5 Å². The molecule has 0 unspecified atom stereocenters. The Morgan fingerprint density at radius 3 is 1.55 bits per heavy atom. The zero-order chi connectivity index (χ0) is 15.0. The van der Waals surface area contributed by atoms with Crippen molar-refractivity contribution in [2.75, 3.05) is 13.2 Å². The lowest BCUT2D eigenvalue weighted by Gasteiger charge is -2.08. The van der Waals surface area contributed by atoms with Crippen LogP contribution < -0.4 is 5.69 Å². The maximum absolute atomic E-state index is 12.4. The van der Waals surface area contributed by atoms with Gasteiger partial charge in [0.2, 0.25) is 0 Å². The summed E-state index contributed by atoms with van der Waals surface area (Å²) in [5.74, 6) is 0. The van der Waals surface area contributed by atoms with Crippen LogP contribution in [-0.4, -0.2) is 32.6 Å². The lowest BCUT2D eigenvalue weighted by Crippen LogP contribution is -2.26. The number of rotatable bonds is 4. The molecule has 1 heterocycles. The van der Waals surface area contributed by atoms with Crippen molar-refractivity contribution in [3.8, 4) is 0 Å². The lowest BCUT2D eigenvalue weighted by molar-refractivity contribution is 0.268. The number of aliphatic hydroxyl groups excluding tert-OH is 2. The van der Waals surface area contributed by atoms with Gasteiger partial charge >= 0.3 is 5.69 Å². The SMILES string of the molecule is O=c1n(CCO)c2c(Cl)c(Br)c(Br)c(Cl)c2n1CCO. The molecule has 0 fully saturated rings. The quantitative estimate of drug-likeness (QED) is 0.558. The maximum Gasteiger partial charge on any atom is 0.329 e. The Balaban J connectivity index is 3.00. The molecule has 0 atom stereocenters. The molecular weight excluding hydrogens is 439 g/mol. The fourth-order valence-electron chi connectivity index (χ4n) is 2.05. The van der Waals surface area contributed by atoms with Crippen LogP contribution in [0.5, 0.6) is 0 Å². The Kier molecular flexibility index (Phi) is 5.20. The molecule has 20 heavy (non-hydrogen) atoms. The fraction of sp³-hybridized carbons (Fsp3) is 0.364. The highest BCUT2D eigenvalue weighted by Gasteiger charge is 2.23. The number of hydrogen-bond acceptors (Lipinski definition) is 3. The first-order valence-electron chi connectivity index (χ1n) is 5.62. The molecule has 1 aromatic carbocycles. The summed E-state index contributed by atoms with van der Waals surface area (Å²) in [5.41, 5.74) is 0.482. The zero-order valence-corrected chi connectivity index (χ0v) is 14.7. The highest BCUT2D eigenvalue weighted by atomic mass is 79.9. The topological polar surface area (TPSA) is 67.4 Å². The average Bonchev–Trinajstić information content (AvgIpc) is 2.69. The molecule has 2 aromatic rings. The van der Waals surface area contributed by atoms with Gasteiger partial charge < -0.3 is 10.2 Å². The molecule has 0 radical (unpaired) electrons. The smallest absolute Gasteiger partial charge is 0.329 e. The largest absolute Gasteiger partial charge is 0.395 e. The second kappa shape index (κ2) is 6.37. The van der Waals surface area contributed by atoms with Crippen LogP contribution in [0.25, 0.3) is 11.0 Å². The molecule has 0 spiro atoms. The molecule has 0 aliphatic carbocycles. The van der Waals surface area contributed by atoms with Crippen molar-refractivity contribution in [3.63, 3.8) is 0 Å². The molecule has 2 rings (SSSR count). The molecule has 1 aromatic heterocycles. The van der Waals surface area contributed by atoms with Crippen LogP contribution in [0.2, 0.25) is 10.0 Å². The van der Waals surface area contributed by atoms with E-state index < -0.39 is 0 Å². The van der Waals surface area contributed by atoms with E-state index in [1.807, 2.05) is 0 Å². The monoisotopic (exact) mass is 446 g/mol. The summed E-state index contributed by atoms with van der Waals surface area (Å²) in [4.78, 5) is 12.4. The highest BCUT2D eigenvalue weighted by Crippen LogP contribution is 2.42. The third-order valence-corrected chi connectivity index (χ3v) is 6.18. The van der Waals surface area contributed by atoms with Crippen LogP contribution in [-0.2, 0) is 13.1 Å². The number of imidazole rings is 1. The number of aliphatic hydroxyl groups is 2. The van der Waals surface area contributed by atoms with Crippen molar-refractivity contribution < 1.29 is 10.2 Å². The lowest BCUT2D eigenvalue weighted by atomic mass is 10.3. The van der Waals surface area contributed by atoms with Crippen LogP contribution in [0, 0.1) is 0 Å². The van der Waals surface area contributed by atoms with Gasteiger partial charge in [-0.15, -0.1) is 0 Å². The minimum absolute atomic E-state index is 0.0951. The third-order valence-electron chi connectivity index (χ3n) is 2.87. The second-order valence-electron chi connectivity index (χ2n) is 3.99.